The number of amides is 1. The number of hydrogen-bond donors (Lipinski definition) is 3. The van der Waals surface area contributed by atoms with E-state index in [1.54, 1.807) is 6.07 Å². The van der Waals surface area contributed by atoms with Crippen molar-refractivity contribution in [2.75, 3.05) is 11.9 Å². The molecule has 0 aliphatic rings. The van der Waals surface area contributed by atoms with Crippen LogP contribution in [-0.4, -0.2) is 27.7 Å². The van der Waals surface area contributed by atoms with Crippen molar-refractivity contribution >= 4 is 28.9 Å². The number of benzene rings is 1. The van der Waals surface area contributed by atoms with Crippen LogP contribution in [-0.2, 0) is 0 Å². The topological polar surface area (TPSA) is 83.5 Å². The standard InChI is InChI=1S/C18H20FN3O3S/c1-2-3-4-7-25-16-6-5-13(9-15(16)19)21-18(26)22-17(24)12-8-14(23)11-20-10-12/h5-6,8-11,23H,2-4,7H2,1H3,(H2,21,22,24,26). The van der Waals surface area contributed by atoms with Gasteiger partial charge in [-0.2, -0.15) is 0 Å². The summed E-state index contributed by atoms with van der Waals surface area (Å²) in [6, 6.07) is 5.61. The van der Waals surface area contributed by atoms with Crippen LogP contribution in [0, 0.1) is 5.82 Å². The van der Waals surface area contributed by atoms with Crippen LogP contribution in [0.2, 0.25) is 0 Å². The number of unbranched alkanes of at least 4 members (excludes halogenated alkanes) is 2. The summed E-state index contributed by atoms with van der Waals surface area (Å²) >= 11 is 5.04. The SMILES string of the molecule is CCCCCOc1ccc(NC(=S)NC(=O)c2cncc(O)c2)cc1F. The Balaban J connectivity index is 1.90. The molecule has 0 aliphatic heterocycles. The summed E-state index contributed by atoms with van der Waals surface area (Å²) in [5.74, 6) is -1.01. The highest BCUT2D eigenvalue weighted by molar-refractivity contribution is 7.80. The van der Waals surface area contributed by atoms with Gasteiger partial charge in [0.25, 0.3) is 5.91 Å². The van der Waals surface area contributed by atoms with Crippen molar-refractivity contribution in [2.45, 2.75) is 26.2 Å². The van der Waals surface area contributed by atoms with Crippen molar-refractivity contribution in [3.8, 4) is 11.5 Å². The van der Waals surface area contributed by atoms with Gasteiger partial charge < -0.3 is 15.2 Å². The summed E-state index contributed by atoms with van der Waals surface area (Å²) in [5.41, 5.74) is 0.527. The largest absolute Gasteiger partial charge is 0.506 e. The van der Waals surface area contributed by atoms with E-state index in [2.05, 4.69) is 22.5 Å². The molecule has 8 heteroatoms. The fourth-order valence-electron chi connectivity index (χ4n) is 2.12. The number of anilines is 1. The van der Waals surface area contributed by atoms with E-state index < -0.39 is 11.7 Å². The van der Waals surface area contributed by atoms with Crippen LogP contribution < -0.4 is 15.4 Å². The lowest BCUT2D eigenvalue weighted by atomic mass is 10.2. The van der Waals surface area contributed by atoms with E-state index in [1.165, 1.54) is 30.6 Å². The molecule has 0 atom stereocenters. The Kier molecular flexibility index (Phi) is 7.28. The van der Waals surface area contributed by atoms with Gasteiger partial charge in [-0.1, -0.05) is 19.8 Å². The number of pyridine rings is 1. The number of rotatable bonds is 7. The Hall–Kier alpha value is -2.74. The number of nitrogens with one attached hydrogen (secondary N) is 2. The van der Waals surface area contributed by atoms with Gasteiger partial charge in [0.2, 0.25) is 0 Å². The molecule has 1 aromatic heterocycles. The zero-order valence-corrected chi connectivity index (χ0v) is 15.1. The maximum Gasteiger partial charge on any atom is 0.259 e. The molecular weight excluding hydrogens is 357 g/mol. The molecule has 0 spiro atoms. The molecule has 6 nitrogen and oxygen atoms in total. The molecule has 0 aliphatic carbocycles. The molecule has 1 amide bonds. The highest BCUT2D eigenvalue weighted by Gasteiger charge is 2.10. The van der Waals surface area contributed by atoms with Crippen LogP contribution in [0.15, 0.2) is 36.7 Å². The van der Waals surface area contributed by atoms with Crippen molar-refractivity contribution in [2.24, 2.45) is 0 Å². The summed E-state index contributed by atoms with van der Waals surface area (Å²) in [7, 11) is 0. The van der Waals surface area contributed by atoms with E-state index >= 15 is 0 Å². The molecule has 0 unspecified atom stereocenters. The third kappa shape index (κ3) is 5.96. The first kappa shape index (κ1) is 19.6. The fraction of sp³-hybridized carbons (Fsp3) is 0.278. The van der Waals surface area contributed by atoms with E-state index in [0.717, 1.165) is 19.3 Å². The predicted molar refractivity (Wildman–Crippen MR) is 101 cm³/mol. The zero-order valence-electron chi connectivity index (χ0n) is 14.3. The Labute approximate surface area is 156 Å². The normalized spacial score (nSPS) is 10.2. The van der Waals surface area contributed by atoms with Crippen LogP contribution in [0.3, 0.4) is 0 Å². The first-order valence-electron chi connectivity index (χ1n) is 8.18. The highest BCUT2D eigenvalue weighted by Crippen LogP contribution is 2.21. The minimum atomic E-state index is -0.540. The van der Waals surface area contributed by atoms with Gasteiger partial charge in [-0.3, -0.25) is 15.1 Å². The number of nitrogens with zero attached hydrogens (tertiary/aromatic N) is 1. The van der Waals surface area contributed by atoms with Gasteiger partial charge in [0.1, 0.15) is 5.75 Å². The zero-order chi connectivity index (χ0) is 18.9. The van der Waals surface area contributed by atoms with Gasteiger partial charge in [0, 0.05) is 18.0 Å². The fourth-order valence-corrected chi connectivity index (χ4v) is 2.33. The summed E-state index contributed by atoms with van der Waals surface area (Å²) in [6.45, 7) is 2.55. The minimum Gasteiger partial charge on any atom is -0.506 e. The molecule has 0 saturated carbocycles. The Bertz CT molecular complexity index is 786. The van der Waals surface area contributed by atoms with Gasteiger partial charge in [-0.05, 0) is 36.8 Å². The van der Waals surface area contributed by atoms with Gasteiger partial charge in [0.05, 0.1) is 18.4 Å². The smallest absolute Gasteiger partial charge is 0.259 e. The second kappa shape index (κ2) is 9.67. The van der Waals surface area contributed by atoms with Gasteiger partial charge in [-0.25, -0.2) is 4.39 Å². The molecule has 0 saturated heterocycles. The van der Waals surface area contributed by atoms with Crippen LogP contribution in [0.25, 0.3) is 0 Å². The molecule has 0 bridgehead atoms. The van der Waals surface area contributed by atoms with Crippen LogP contribution >= 0.6 is 12.2 Å². The van der Waals surface area contributed by atoms with Crippen LogP contribution in [0.4, 0.5) is 10.1 Å². The van der Waals surface area contributed by atoms with Crippen molar-refractivity contribution < 1.29 is 19.0 Å². The summed E-state index contributed by atoms with van der Waals surface area (Å²) in [4.78, 5) is 15.7. The highest BCUT2D eigenvalue weighted by atomic mass is 32.1. The summed E-state index contributed by atoms with van der Waals surface area (Å²) in [5, 5.41) is 14.5. The summed E-state index contributed by atoms with van der Waals surface area (Å²) in [6.07, 6.45) is 5.47. The average Bonchev–Trinajstić information content (AvgIpc) is 2.60. The Morgan fingerprint density at radius 1 is 1.31 bits per heavy atom. The second-order valence-electron chi connectivity index (χ2n) is 5.54. The minimum absolute atomic E-state index is 0.00522. The number of carbonyl (C=O) groups excluding carboxylic acids is 1. The molecule has 0 fully saturated rings. The predicted octanol–water partition coefficient (Wildman–Crippen LogP) is 3.62. The number of aromatic nitrogens is 1. The first-order valence-corrected chi connectivity index (χ1v) is 8.59. The first-order chi connectivity index (χ1) is 12.5. The van der Waals surface area contributed by atoms with E-state index in [4.69, 9.17) is 17.0 Å². The van der Waals surface area contributed by atoms with Gasteiger partial charge in [0.15, 0.2) is 16.7 Å². The van der Waals surface area contributed by atoms with Gasteiger partial charge in [-0.15, -0.1) is 0 Å². The second-order valence-corrected chi connectivity index (χ2v) is 5.95. The molecule has 1 aromatic carbocycles. The molecule has 138 valence electrons. The number of thiocarbonyl (C=S) groups is 1. The van der Waals surface area contributed by atoms with E-state index in [1.807, 2.05) is 0 Å². The van der Waals surface area contributed by atoms with Crippen molar-refractivity contribution in [1.29, 1.82) is 0 Å². The van der Waals surface area contributed by atoms with Crippen molar-refractivity contribution in [3.63, 3.8) is 0 Å². The lowest BCUT2D eigenvalue weighted by Gasteiger charge is -2.11. The number of aromatic hydroxyl groups is 1. The van der Waals surface area contributed by atoms with Crippen LogP contribution in [0.1, 0.15) is 36.5 Å². The third-order valence-corrected chi connectivity index (χ3v) is 3.61. The number of ether oxygens (including phenoxy) is 1. The maximum atomic E-state index is 14.0. The maximum absolute atomic E-state index is 14.0. The Morgan fingerprint density at radius 3 is 2.81 bits per heavy atom. The van der Waals surface area contributed by atoms with Gasteiger partial charge >= 0.3 is 0 Å². The van der Waals surface area contributed by atoms with E-state index in [9.17, 15) is 14.3 Å². The Morgan fingerprint density at radius 2 is 2.12 bits per heavy atom. The van der Waals surface area contributed by atoms with Crippen LogP contribution in [0.5, 0.6) is 11.5 Å². The van der Waals surface area contributed by atoms with Crippen molar-refractivity contribution in [1.82, 2.24) is 10.3 Å². The molecule has 3 N–H and O–H groups in total. The number of halogens is 1. The number of hydrogen-bond acceptors (Lipinski definition) is 5. The molecular formula is C18H20FN3O3S. The molecule has 1 heterocycles. The lowest BCUT2D eigenvalue weighted by Crippen LogP contribution is -2.34. The van der Waals surface area contributed by atoms with E-state index in [-0.39, 0.29) is 22.2 Å². The molecule has 2 rings (SSSR count). The number of carbonyl (C=O) groups is 1. The van der Waals surface area contributed by atoms with E-state index in [0.29, 0.717) is 12.3 Å². The van der Waals surface area contributed by atoms with Crippen molar-refractivity contribution in [3.05, 3.63) is 48.0 Å². The quantitative estimate of drug-likeness (QED) is 0.505. The average molecular weight is 377 g/mol. The lowest BCUT2D eigenvalue weighted by molar-refractivity contribution is 0.0977. The third-order valence-electron chi connectivity index (χ3n) is 3.41. The molecule has 2 aromatic rings. The molecule has 0 radical (unpaired) electrons. The summed E-state index contributed by atoms with van der Waals surface area (Å²) < 4.78 is 19.4. The monoisotopic (exact) mass is 377 g/mol. The molecule has 26 heavy (non-hydrogen) atoms.